The SMILES string of the molecule is Cc1cnc(C2CN(Cc3cccc4ccccc34)CCO2)cn1. The van der Waals surface area contributed by atoms with E-state index < -0.39 is 0 Å². The van der Waals surface area contributed by atoms with Crippen molar-refractivity contribution >= 4 is 10.8 Å². The van der Waals surface area contributed by atoms with Gasteiger partial charge < -0.3 is 4.74 Å². The summed E-state index contributed by atoms with van der Waals surface area (Å²) < 4.78 is 5.92. The van der Waals surface area contributed by atoms with E-state index in [1.165, 1.54) is 16.3 Å². The number of nitrogens with zero attached hydrogens (tertiary/aromatic N) is 3. The molecule has 122 valence electrons. The molecule has 3 aromatic rings. The lowest BCUT2D eigenvalue weighted by atomic mass is 10.0. The van der Waals surface area contributed by atoms with E-state index in [0.717, 1.165) is 37.6 Å². The fourth-order valence-corrected chi connectivity index (χ4v) is 3.27. The molecule has 0 radical (unpaired) electrons. The van der Waals surface area contributed by atoms with Crippen LogP contribution in [0.5, 0.6) is 0 Å². The number of ether oxygens (including phenoxy) is 1. The van der Waals surface area contributed by atoms with Crippen molar-refractivity contribution in [2.24, 2.45) is 0 Å². The molecule has 0 spiro atoms. The Morgan fingerprint density at radius 1 is 1.08 bits per heavy atom. The number of hydrogen-bond donors (Lipinski definition) is 0. The lowest BCUT2D eigenvalue weighted by Crippen LogP contribution is -2.38. The summed E-state index contributed by atoms with van der Waals surface area (Å²) in [4.78, 5) is 11.3. The quantitative estimate of drug-likeness (QED) is 0.740. The second-order valence-electron chi connectivity index (χ2n) is 6.32. The average Bonchev–Trinajstić information content (AvgIpc) is 2.63. The molecule has 1 fully saturated rings. The van der Waals surface area contributed by atoms with Crippen LogP contribution in [0.15, 0.2) is 54.9 Å². The summed E-state index contributed by atoms with van der Waals surface area (Å²) in [7, 11) is 0. The van der Waals surface area contributed by atoms with Crippen molar-refractivity contribution in [3.8, 4) is 0 Å². The molecule has 1 atom stereocenters. The van der Waals surface area contributed by atoms with E-state index in [1.807, 2.05) is 19.3 Å². The van der Waals surface area contributed by atoms with Crippen LogP contribution in [0.25, 0.3) is 10.8 Å². The van der Waals surface area contributed by atoms with Crippen molar-refractivity contribution in [3.63, 3.8) is 0 Å². The number of hydrogen-bond acceptors (Lipinski definition) is 4. The van der Waals surface area contributed by atoms with Gasteiger partial charge >= 0.3 is 0 Å². The lowest BCUT2D eigenvalue weighted by molar-refractivity contribution is -0.0350. The summed E-state index contributed by atoms with van der Waals surface area (Å²) in [6.07, 6.45) is 3.64. The molecule has 2 aromatic carbocycles. The number of fused-ring (bicyclic) bond motifs is 1. The van der Waals surface area contributed by atoms with Crippen LogP contribution in [0.4, 0.5) is 0 Å². The molecule has 4 rings (SSSR count). The van der Waals surface area contributed by atoms with E-state index in [2.05, 4.69) is 57.3 Å². The molecule has 1 unspecified atom stereocenters. The lowest BCUT2D eigenvalue weighted by Gasteiger charge is -2.32. The van der Waals surface area contributed by atoms with Gasteiger partial charge in [0.2, 0.25) is 0 Å². The van der Waals surface area contributed by atoms with Crippen LogP contribution in [-0.4, -0.2) is 34.6 Å². The zero-order valence-corrected chi connectivity index (χ0v) is 13.9. The third-order valence-corrected chi connectivity index (χ3v) is 4.56. The first-order valence-corrected chi connectivity index (χ1v) is 8.39. The maximum Gasteiger partial charge on any atom is 0.114 e. The molecule has 0 aliphatic carbocycles. The summed E-state index contributed by atoms with van der Waals surface area (Å²) in [5.74, 6) is 0. The van der Waals surface area contributed by atoms with E-state index in [1.54, 1.807) is 0 Å². The fraction of sp³-hybridized carbons (Fsp3) is 0.300. The summed E-state index contributed by atoms with van der Waals surface area (Å²) in [5, 5.41) is 2.63. The van der Waals surface area contributed by atoms with Crippen LogP contribution in [0.1, 0.15) is 23.1 Å². The monoisotopic (exact) mass is 319 g/mol. The van der Waals surface area contributed by atoms with E-state index in [0.29, 0.717) is 0 Å². The van der Waals surface area contributed by atoms with Gasteiger partial charge in [0.1, 0.15) is 6.10 Å². The van der Waals surface area contributed by atoms with Crippen molar-refractivity contribution in [2.45, 2.75) is 19.6 Å². The highest BCUT2D eigenvalue weighted by atomic mass is 16.5. The first-order chi connectivity index (χ1) is 11.8. The van der Waals surface area contributed by atoms with E-state index in [9.17, 15) is 0 Å². The first kappa shape index (κ1) is 15.2. The maximum atomic E-state index is 5.92. The molecule has 0 saturated carbocycles. The van der Waals surface area contributed by atoms with Crippen LogP contribution >= 0.6 is 0 Å². The van der Waals surface area contributed by atoms with Gasteiger partial charge in [-0.3, -0.25) is 14.9 Å². The molecule has 1 aliphatic heterocycles. The van der Waals surface area contributed by atoms with Gasteiger partial charge in [-0.1, -0.05) is 42.5 Å². The zero-order chi connectivity index (χ0) is 16.4. The van der Waals surface area contributed by atoms with Gasteiger partial charge in [-0.2, -0.15) is 0 Å². The molecule has 2 heterocycles. The average molecular weight is 319 g/mol. The summed E-state index contributed by atoms with van der Waals surface area (Å²) in [6, 6.07) is 15.1. The molecule has 1 saturated heterocycles. The van der Waals surface area contributed by atoms with Crippen molar-refractivity contribution in [1.29, 1.82) is 0 Å². The second kappa shape index (κ2) is 6.67. The summed E-state index contributed by atoms with van der Waals surface area (Å²) in [5.41, 5.74) is 3.22. The van der Waals surface area contributed by atoms with Crippen LogP contribution < -0.4 is 0 Å². The fourth-order valence-electron chi connectivity index (χ4n) is 3.27. The van der Waals surface area contributed by atoms with Crippen molar-refractivity contribution < 1.29 is 4.74 Å². The van der Waals surface area contributed by atoms with Gasteiger partial charge in [0.05, 0.1) is 24.2 Å². The van der Waals surface area contributed by atoms with E-state index in [4.69, 9.17) is 4.74 Å². The van der Waals surface area contributed by atoms with Crippen molar-refractivity contribution in [3.05, 3.63) is 71.8 Å². The predicted molar refractivity (Wildman–Crippen MR) is 94.7 cm³/mol. The molecule has 0 bridgehead atoms. The van der Waals surface area contributed by atoms with Gasteiger partial charge in [-0.15, -0.1) is 0 Å². The normalized spacial score (nSPS) is 18.8. The Kier molecular flexibility index (Phi) is 4.24. The summed E-state index contributed by atoms with van der Waals surface area (Å²) in [6.45, 7) is 5.40. The Balaban J connectivity index is 1.53. The molecule has 1 aliphatic rings. The predicted octanol–water partition coefficient (Wildman–Crippen LogP) is 3.51. The van der Waals surface area contributed by atoms with Gasteiger partial charge in [0.25, 0.3) is 0 Å². The van der Waals surface area contributed by atoms with E-state index >= 15 is 0 Å². The summed E-state index contributed by atoms with van der Waals surface area (Å²) >= 11 is 0. The number of benzene rings is 2. The number of aryl methyl sites for hydroxylation is 1. The maximum absolute atomic E-state index is 5.92. The van der Waals surface area contributed by atoms with Crippen molar-refractivity contribution in [2.75, 3.05) is 19.7 Å². The molecular formula is C20H21N3O. The molecule has 0 amide bonds. The smallest absolute Gasteiger partial charge is 0.114 e. The highest BCUT2D eigenvalue weighted by molar-refractivity contribution is 5.85. The third-order valence-electron chi connectivity index (χ3n) is 4.56. The van der Waals surface area contributed by atoms with Crippen molar-refractivity contribution in [1.82, 2.24) is 14.9 Å². The second-order valence-corrected chi connectivity index (χ2v) is 6.32. The highest BCUT2D eigenvalue weighted by Gasteiger charge is 2.23. The Labute approximate surface area is 142 Å². The zero-order valence-electron chi connectivity index (χ0n) is 13.9. The minimum atomic E-state index is 0.00169. The number of rotatable bonds is 3. The standard InChI is InChI=1S/C20H21N3O/c1-15-11-22-19(12-21-15)20-14-23(9-10-24-20)13-17-7-4-6-16-5-2-3-8-18(16)17/h2-8,11-12,20H,9-10,13-14H2,1H3. The molecule has 24 heavy (non-hydrogen) atoms. The Bertz CT molecular complexity index is 826. The van der Waals surface area contributed by atoms with Gasteiger partial charge in [-0.25, -0.2) is 0 Å². The topological polar surface area (TPSA) is 38.2 Å². The largest absolute Gasteiger partial charge is 0.369 e. The first-order valence-electron chi connectivity index (χ1n) is 8.39. The molecular weight excluding hydrogens is 298 g/mol. The Hall–Kier alpha value is -2.30. The van der Waals surface area contributed by atoms with Crippen LogP contribution in [-0.2, 0) is 11.3 Å². The molecule has 1 aromatic heterocycles. The minimum absolute atomic E-state index is 0.00169. The number of morpholine rings is 1. The molecule has 4 nitrogen and oxygen atoms in total. The van der Waals surface area contributed by atoms with Gasteiger partial charge in [0, 0.05) is 25.8 Å². The minimum Gasteiger partial charge on any atom is -0.369 e. The van der Waals surface area contributed by atoms with Gasteiger partial charge in [-0.05, 0) is 23.3 Å². The highest BCUT2D eigenvalue weighted by Crippen LogP contribution is 2.24. The molecule has 4 heteroatoms. The van der Waals surface area contributed by atoms with E-state index in [-0.39, 0.29) is 6.10 Å². The van der Waals surface area contributed by atoms with Gasteiger partial charge in [0.15, 0.2) is 0 Å². The van der Waals surface area contributed by atoms with Crippen LogP contribution in [0.3, 0.4) is 0 Å². The van der Waals surface area contributed by atoms with Crippen LogP contribution in [0, 0.1) is 6.92 Å². The number of aromatic nitrogens is 2. The van der Waals surface area contributed by atoms with Crippen LogP contribution in [0.2, 0.25) is 0 Å². The third kappa shape index (κ3) is 3.16. The Morgan fingerprint density at radius 3 is 2.83 bits per heavy atom. The Morgan fingerprint density at radius 2 is 1.96 bits per heavy atom. The molecule has 0 N–H and O–H groups in total.